The summed E-state index contributed by atoms with van der Waals surface area (Å²) in [5, 5.41) is 0. The van der Waals surface area contributed by atoms with Crippen LogP contribution < -0.4 is 0 Å². The normalized spacial score (nSPS) is 11.9. The molecular weight excluding hydrogens is 164 g/mol. The van der Waals surface area contributed by atoms with Gasteiger partial charge in [-0.05, 0) is 13.3 Å². The van der Waals surface area contributed by atoms with Crippen LogP contribution in [0.25, 0.3) is 0 Å². The van der Waals surface area contributed by atoms with Crippen LogP contribution in [0.2, 0.25) is 0 Å². The Morgan fingerprint density at radius 3 is 2.38 bits per heavy atom. The van der Waals surface area contributed by atoms with E-state index in [9.17, 15) is 4.79 Å². The van der Waals surface area contributed by atoms with E-state index >= 15 is 0 Å². The van der Waals surface area contributed by atoms with Crippen molar-refractivity contribution < 1.29 is 9.53 Å². The van der Waals surface area contributed by atoms with Crippen LogP contribution in [0.15, 0.2) is 11.8 Å². The Hall–Kier alpha value is -0.790. The van der Waals surface area contributed by atoms with E-state index < -0.39 is 0 Å². The topological polar surface area (TPSA) is 26.3 Å². The number of allylic oxidation sites excluding steroid dienone is 1. The van der Waals surface area contributed by atoms with Gasteiger partial charge in [-0.25, -0.2) is 0 Å². The lowest BCUT2D eigenvalue weighted by molar-refractivity contribution is -0.118. The number of rotatable bonds is 6. The zero-order valence-electron chi connectivity index (χ0n) is 9.09. The first-order chi connectivity index (χ1) is 6.13. The van der Waals surface area contributed by atoms with Gasteiger partial charge in [0.1, 0.15) is 0 Å². The Morgan fingerprint density at radius 1 is 1.38 bits per heavy atom. The molecule has 0 saturated heterocycles. The number of hydrogen-bond acceptors (Lipinski definition) is 2. The quantitative estimate of drug-likeness (QED) is 0.468. The fraction of sp³-hybridized carbons (Fsp3) is 0.727. The first kappa shape index (κ1) is 12.2. The third-order valence-corrected chi connectivity index (χ3v) is 1.75. The summed E-state index contributed by atoms with van der Waals surface area (Å²) >= 11 is 0. The van der Waals surface area contributed by atoms with Crippen LogP contribution in [0.1, 0.15) is 40.5 Å². The second kappa shape index (κ2) is 6.70. The van der Waals surface area contributed by atoms with E-state index in [1.54, 1.807) is 6.26 Å². The number of hydrogen-bond donors (Lipinski definition) is 0. The predicted octanol–water partition coefficient (Wildman–Crippen LogP) is 2.93. The number of carbonyl (C=O) groups excluding carboxylic acids is 1. The van der Waals surface area contributed by atoms with Crippen molar-refractivity contribution in [1.82, 2.24) is 0 Å². The minimum Gasteiger partial charge on any atom is -0.501 e. The van der Waals surface area contributed by atoms with E-state index in [-0.39, 0.29) is 11.7 Å². The molecule has 0 atom stereocenters. The van der Waals surface area contributed by atoms with Gasteiger partial charge in [0, 0.05) is 11.5 Å². The molecule has 0 fully saturated rings. The SMILES string of the molecule is CCCC(=COCC)C(=O)C(C)C. The summed E-state index contributed by atoms with van der Waals surface area (Å²) in [4.78, 5) is 11.6. The number of ketones is 1. The average molecular weight is 184 g/mol. The third kappa shape index (κ3) is 4.71. The summed E-state index contributed by atoms with van der Waals surface area (Å²) in [5.74, 6) is 0.272. The Labute approximate surface area is 81.0 Å². The Bertz CT molecular complexity index is 181. The van der Waals surface area contributed by atoms with Crippen LogP contribution in [-0.2, 0) is 9.53 Å². The van der Waals surface area contributed by atoms with Gasteiger partial charge in [-0.15, -0.1) is 0 Å². The predicted molar refractivity (Wildman–Crippen MR) is 54.5 cm³/mol. The summed E-state index contributed by atoms with van der Waals surface area (Å²) in [6, 6.07) is 0. The van der Waals surface area contributed by atoms with Gasteiger partial charge in [-0.1, -0.05) is 27.2 Å². The van der Waals surface area contributed by atoms with Gasteiger partial charge in [0.15, 0.2) is 5.78 Å². The highest BCUT2D eigenvalue weighted by Crippen LogP contribution is 2.12. The molecule has 0 aliphatic rings. The van der Waals surface area contributed by atoms with Crippen molar-refractivity contribution in [3.8, 4) is 0 Å². The lowest BCUT2D eigenvalue weighted by Crippen LogP contribution is -2.10. The maximum Gasteiger partial charge on any atom is 0.164 e. The Kier molecular flexibility index (Phi) is 6.29. The molecule has 0 aromatic rings. The van der Waals surface area contributed by atoms with Gasteiger partial charge in [0.2, 0.25) is 0 Å². The van der Waals surface area contributed by atoms with E-state index in [1.807, 2.05) is 20.8 Å². The van der Waals surface area contributed by atoms with Crippen molar-refractivity contribution >= 4 is 5.78 Å². The van der Waals surface area contributed by atoms with E-state index in [0.717, 1.165) is 18.4 Å². The summed E-state index contributed by atoms with van der Waals surface area (Å²) in [5.41, 5.74) is 0.819. The van der Waals surface area contributed by atoms with Crippen LogP contribution in [0, 0.1) is 5.92 Å². The van der Waals surface area contributed by atoms with Crippen molar-refractivity contribution in [2.75, 3.05) is 6.61 Å². The third-order valence-electron chi connectivity index (χ3n) is 1.75. The molecule has 0 N–H and O–H groups in total. The second-order valence-corrected chi connectivity index (χ2v) is 3.37. The average Bonchev–Trinajstić information content (AvgIpc) is 2.11. The van der Waals surface area contributed by atoms with Crippen molar-refractivity contribution in [1.29, 1.82) is 0 Å². The first-order valence-corrected chi connectivity index (χ1v) is 4.98. The molecule has 0 aliphatic heterocycles. The van der Waals surface area contributed by atoms with E-state index in [0.29, 0.717) is 6.61 Å². The molecule has 0 aromatic carbocycles. The van der Waals surface area contributed by atoms with E-state index in [2.05, 4.69) is 6.92 Å². The van der Waals surface area contributed by atoms with Crippen molar-refractivity contribution in [2.24, 2.45) is 5.92 Å². The number of Topliss-reactive ketones (excluding diaryl/α,β-unsaturated/α-hetero) is 1. The molecule has 0 aliphatic carbocycles. The molecule has 0 aromatic heterocycles. The lowest BCUT2D eigenvalue weighted by Gasteiger charge is -2.07. The zero-order valence-corrected chi connectivity index (χ0v) is 9.09. The van der Waals surface area contributed by atoms with Crippen molar-refractivity contribution in [2.45, 2.75) is 40.5 Å². The fourth-order valence-electron chi connectivity index (χ4n) is 1.06. The minimum absolute atomic E-state index is 0.0678. The Morgan fingerprint density at radius 2 is 2.00 bits per heavy atom. The zero-order chi connectivity index (χ0) is 10.3. The summed E-state index contributed by atoms with van der Waals surface area (Å²) in [7, 11) is 0. The monoisotopic (exact) mass is 184 g/mol. The smallest absolute Gasteiger partial charge is 0.164 e. The van der Waals surface area contributed by atoms with Crippen molar-refractivity contribution in [3.63, 3.8) is 0 Å². The maximum absolute atomic E-state index is 11.6. The Balaban J connectivity index is 4.31. The van der Waals surface area contributed by atoms with Gasteiger partial charge in [-0.2, -0.15) is 0 Å². The molecule has 0 amide bonds. The summed E-state index contributed by atoms with van der Waals surface area (Å²) < 4.78 is 5.14. The molecule has 0 rings (SSSR count). The molecule has 0 spiro atoms. The fourth-order valence-corrected chi connectivity index (χ4v) is 1.06. The van der Waals surface area contributed by atoms with Crippen LogP contribution in [0.3, 0.4) is 0 Å². The van der Waals surface area contributed by atoms with Crippen LogP contribution in [-0.4, -0.2) is 12.4 Å². The highest BCUT2D eigenvalue weighted by molar-refractivity contribution is 5.96. The maximum atomic E-state index is 11.6. The van der Waals surface area contributed by atoms with Gasteiger partial charge in [0.05, 0.1) is 12.9 Å². The minimum atomic E-state index is 0.0678. The number of carbonyl (C=O) groups is 1. The highest BCUT2D eigenvalue weighted by Gasteiger charge is 2.12. The van der Waals surface area contributed by atoms with Crippen LogP contribution >= 0.6 is 0 Å². The van der Waals surface area contributed by atoms with Crippen LogP contribution in [0.4, 0.5) is 0 Å². The largest absolute Gasteiger partial charge is 0.501 e. The first-order valence-electron chi connectivity index (χ1n) is 4.98. The molecule has 0 radical (unpaired) electrons. The number of ether oxygens (including phenoxy) is 1. The molecule has 76 valence electrons. The highest BCUT2D eigenvalue weighted by atomic mass is 16.5. The van der Waals surface area contributed by atoms with Gasteiger partial charge in [0.25, 0.3) is 0 Å². The molecule has 2 nitrogen and oxygen atoms in total. The van der Waals surface area contributed by atoms with Crippen LogP contribution in [0.5, 0.6) is 0 Å². The molecule has 13 heavy (non-hydrogen) atoms. The summed E-state index contributed by atoms with van der Waals surface area (Å²) in [6.07, 6.45) is 3.42. The molecule has 0 unspecified atom stereocenters. The summed E-state index contributed by atoms with van der Waals surface area (Å²) in [6.45, 7) is 8.43. The van der Waals surface area contributed by atoms with Crippen molar-refractivity contribution in [3.05, 3.63) is 11.8 Å². The standard InChI is InChI=1S/C11H20O2/c1-5-7-10(8-13-6-2)11(12)9(3)4/h8-9H,5-7H2,1-4H3. The van der Waals surface area contributed by atoms with E-state index in [4.69, 9.17) is 4.74 Å². The molecule has 2 heteroatoms. The molecule has 0 bridgehead atoms. The van der Waals surface area contributed by atoms with Gasteiger partial charge in [-0.3, -0.25) is 4.79 Å². The lowest BCUT2D eigenvalue weighted by atomic mass is 9.99. The van der Waals surface area contributed by atoms with E-state index in [1.165, 1.54) is 0 Å². The molecule has 0 saturated carbocycles. The second-order valence-electron chi connectivity index (χ2n) is 3.37. The molecule has 0 heterocycles. The van der Waals surface area contributed by atoms with Gasteiger partial charge < -0.3 is 4.74 Å². The molecular formula is C11H20O2. The van der Waals surface area contributed by atoms with Gasteiger partial charge >= 0.3 is 0 Å².